The van der Waals surface area contributed by atoms with Gasteiger partial charge in [-0.15, -0.1) is 10.2 Å². The molecule has 0 aliphatic heterocycles. The van der Waals surface area contributed by atoms with E-state index in [9.17, 15) is 13.2 Å². The molecule has 0 aliphatic rings. The molecule has 7 nitrogen and oxygen atoms in total. The fourth-order valence-corrected chi connectivity index (χ4v) is 3.74. The van der Waals surface area contributed by atoms with Gasteiger partial charge in [-0.3, -0.25) is 9.52 Å². The third-order valence-electron chi connectivity index (χ3n) is 2.39. The Bertz CT molecular complexity index is 763. The molecule has 9 heteroatoms. The Morgan fingerprint density at radius 3 is 2.33 bits per heavy atom. The first kappa shape index (κ1) is 15.4. The van der Waals surface area contributed by atoms with E-state index in [1.54, 1.807) is 12.1 Å². The number of anilines is 2. The van der Waals surface area contributed by atoms with Crippen LogP contribution in [0.25, 0.3) is 0 Å². The maximum Gasteiger partial charge on any atom is 0.291 e. The zero-order valence-corrected chi connectivity index (χ0v) is 13.3. The summed E-state index contributed by atoms with van der Waals surface area (Å²) in [7, 11) is -3.82. The predicted octanol–water partition coefficient (Wildman–Crippen LogP) is 1.91. The number of nitrogens with zero attached hydrogens (tertiary/aromatic N) is 2. The van der Waals surface area contributed by atoms with Gasteiger partial charge in [-0.25, -0.2) is 0 Å². The fraction of sp³-hybridized carbons (Fsp3) is 0.250. The molecule has 1 heterocycles. The number of hydrogen-bond donors (Lipinski definition) is 2. The second-order valence-electron chi connectivity index (χ2n) is 4.54. The third-order valence-corrected chi connectivity index (χ3v) is 4.98. The third kappa shape index (κ3) is 3.99. The van der Waals surface area contributed by atoms with Crippen LogP contribution >= 0.6 is 11.3 Å². The number of carbonyl (C=O) groups excluding carboxylic acids is 1. The number of amides is 1. The molecule has 0 unspecified atom stereocenters. The quantitative estimate of drug-likeness (QED) is 0.836. The van der Waals surface area contributed by atoms with Crippen molar-refractivity contribution in [3.8, 4) is 0 Å². The second-order valence-corrected chi connectivity index (χ2v) is 7.37. The number of aryl methyl sites for hydroxylation is 2. The Balaban J connectivity index is 2.25. The molecule has 1 aromatic carbocycles. The van der Waals surface area contributed by atoms with E-state index in [1.807, 2.05) is 19.9 Å². The van der Waals surface area contributed by atoms with Crippen LogP contribution in [0.2, 0.25) is 0 Å². The summed E-state index contributed by atoms with van der Waals surface area (Å²) in [5, 5.41) is 9.74. The van der Waals surface area contributed by atoms with Gasteiger partial charge in [0.25, 0.3) is 14.4 Å². The minimum atomic E-state index is -3.82. The zero-order valence-electron chi connectivity index (χ0n) is 11.7. The van der Waals surface area contributed by atoms with Crippen molar-refractivity contribution in [2.24, 2.45) is 0 Å². The highest BCUT2D eigenvalue weighted by molar-refractivity contribution is 7.94. The van der Waals surface area contributed by atoms with Crippen molar-refractivity contribution in [2.45, 2.75) is 25.1 Å². The summed E-state index contributed by atoms with van der Waals surface area (Å²) in [5.41, 5.74) is 2.36. The number of aromatic nitrogens is 2. The van der Waals surface area contributed by atoms with Gasteiger partial charge in [0.2, 0.25) is 11.0 Å². The van der Waals surface area contributed by atoms with Gasteiger partial charge in [0.15, 0.2) is 0 Å². The molecule has 2 rings (SSSR count). The molecule has 0 fully saturated rings. The Morgan fingerprint density at radius 2 is 1.76 bits per heavy atom. The summed E-state index contributed by atoms with van der Waals surface area (Å²) >= 11 is 0.791. The topological polar surface area (TPSA) is 101 Å². The van der Waals surface area contributed by atoms with Gasteiger partial charge >= 0.3 is 0 Å². The largest absolute Gasteiger partial charge is 0.301 e. The molecule has 21 heavy (non-hydrogen) atoms. The van der Waals surface area contributed by atoms with Gasteiger partial charge in [-0.05, 0) is 37.1 Å². The van der Waals surface area contributed by atoms with Crippen molar-refractivity contribution in [3.05, 3.63) is 29.3 Å². The highest BCUT2D eigenvalue weighted by Gasteiger charge is 2.20. The summed E-state index contributed by atoms with van der Waals surface area (Å²) in [6, 6.07) is 5.39. The van der Waals surface area contributed by atoms with Crippen molar-refractivity contribution in [1.82, 2.24) is 10.2 Å². The molecule has 0 saturated heterocycles. The number of rotatable bonds is 4. The van der Waals surface area contributed by atoms with Crippen LogP contribution in [-0.2, 0) is 14.8 Å². The monoisotopic (exact) mass is 326 g/mol. The molecule has 0 aliphatic carbocycles. The molecule has 0 spiro atoms. The van der Waals surface area contributed by atoms with Gasteiger partial charge < -0.3 is 5.32 Å². The first-order valence-electron chi connectivity index (χ1n) is 5.98. The van der Waals surface area contributed by atoms with Gasteiger partial charge in [0.1, 0.15) is 0 Å². The lowest BCUT2D eigenvalue weighted by atomic mass is 10.1. The maximum absolute atomic E-state index is 12.2. The van der Waals surface area contributed by atoms with Crippen molar-refractivity contribution in [3.63, 3.8) is 0 Å². The van der Waals surface area contributed by atoms with Crippen LogP contribution in [0.1, 0.15) is 18.1 Å². The first-order chi connectivity index (χ1) is 9.76. The average molecular weight is 326 g/mol. The van der Waals surface area contributed by atoms with Crippen molar-refractivity contribution in [2.75, 3.05) is 10.0 Å². The van der Waals surface area contributed by atoms with Crippen LogP contribution in [0.3, 0.4) is 0 Å². The van der Waals surface area contributed by atoms with Gasteiger partial charge in [0, 0.05) is 12.6 Å². The van der Waals surface area contributed by atoms with Crippen molar-refractivity contribution in [1.29, 1.82) is 0 Å². The van der Waals surface area contributed by atoms with E-state index in [2.05, 4.69) is 20.2 Å². The first-order valence-corrected chi connectivity index (χ1v) is 8.28. The van der Waals surface area contributed by atoms with Crippen LogP contribution in [0.4, 0.5) is 10.8 Å². The molecule has 2 aromatic rings. The molecular formula is C12H14N4O3S2. The van der Waals surface area contributed by atoms with E-state index in [-0.39, 0.29) is 15.4 Å². The van der Waals surface area contributed by atoms with E-state index in [4.69, 9.17) is 0 Å². The highest BCUT2D eigenvalue weighted by Crippen LogP contribution is 2.23. The minimum absolute atomic E-state index is 0.142. The molecule has 0 radical (unpaired) electrons. The molecular weight excluding hydrogens is 312 g/mol. The summed E-state index contributed by atoms with van der Waals surface area (Å²) in [5.74, 6) is -0.336. The van der Waals surface area contributed by atoms with E-state index >= 15 is 0 Å². The normalized spacial score (nSPS) is 11.2. The summed E-state index contributed by atoms with van der Waals surface area (Å²) in [6.45, 7) is 5.07. The standard InChI is InChI=1S/C12H14N4O3S2/c1-7-4-8(2)6-10(5-7)16-21(18,19)12-15-14-11(20-12)13-9(3)17/h4-6,16H,1-3H3,(H,13,14,17). The Kier molecular flexibility index (Phi) is 4.24. The van der Waals surface area contributed by atoms with Crippen LogP contribution < -0.4 is 10.0 Å². The van der Waals surface area contributed by atoms with Crippen LogP contribution in [0.15, 0.2) is 22.5 Å². The summed E-state index contributed by atoms with van der Waals surface area (Å²) < 4.78 is 26.7. The number of benzene rings is 1. The van der Waals surface area contributed by atoms with E-state index in [0.717, 1.165) is 22.5 Å². The SMILES string of the molecule is CC(=O)Nc1nnc(S(=O)(=O)Nc2cc(C)cc(C)c2)s1. The lowest BCUT2D eigenvalue weighted by molar-refractivity contribution is -0.114. The summed E-state index contributed by atoms with van der Waals surface area (Å²) in [4.78, 5) is 10.9. The van der Waals surface area contributed by atoms with Gasteiger partial charge in [0.05, 0.1) is 0 Å². The maximum atomic E-state index is 12.2. The summed E-state index contributed by atoms with van der Waals surface area (Å²) in [6.07, 6.45) is 0. The van der Waals surface area contributed by atoms with Crippen LogP contribution in [-0.4, -0.2) is 24.5 Å². The van der Waals surface area contributed by atoms with E-state index in [1.165, 1.54) is 6.92 Å². The zero-order chi connectivity index (χ0) is 15.6. The van der Waals surface area contributed by atoms with Crippen LogP contribution in [0, 0.1) is 13.8 Å². The Hall–Kier alpha value is -2.00. The van der Waals surface area contributed by atoms with E-state index in [0.29, 0.717) is 5.69 Å². The van der Waals surface area contributed by atoms with Crippen molar-refractivity contribution < 1.29 is 13.2 Å². The number of hydrogen-bond acceptors (Lipinski definition) is 6. The average Bonchev–Trinajstić information content (AvgIpc) is 2.74. The molecule has 0 atom stereocenters. The van der Waals surface area contributed by atoms with Gasteiger partial charge in [-0.2, -0.15) is 8.42 Å². The molecule has 112 valence electrons. The number of carbonyl (C=O) groups is 1. The van der Waals surface area contributed by atoms with Crippen LogP contribution in [0.5, 0.6) is 0 Å². The molecule has 1 aromatic heterocycles. The second kappa shape index (κ2) is 5.78. The van der Waals surface area contributed by atoms with Crippen molar-refractivity contribution >= 4 is 38.1 Å². The smallest absolute Gasteiger partial charge is 0.291 e. The minimum Gasteiger partial charge on any atom is -0.301 e. The number of sulfonamides is 1. The fourth-order valence-electron chi connectivity index (χ4n) is 1.75. The highest BCUT2D eigenvalue weighted by atomic mass is 32.2. The Labute approximate surface area is 126 Å². The molecule has 0 bridgehead atoms. The van der Waals surface area contributed by atoms with Gasteiger partial charge in [-0.1, -0.05) is 17.4 Å². The predicted molar refractivity (Wildman–Crippen MR) is 80.9 cm³/mol. The molecule has 0 saturated carbocycles. The van der Waals surface area contributed by atoms with E-state index < -0.39 is 10.0 Å². The number of nitrogens with one attached hydrogen (secondary N) is 2. The lowest BCUT2D eigenvalue weighted by Gasteiger charge is -2.07. The lowest BCUT2D eigenvalue weighted by Crippen LogP contribution is -2.13. The Morgan fingerprint density at radius 1 is 1.14 bits per heavy atom. The molecule has 1 amide bonds. The molecule has 2 N–H and O–H groups in total.